The molecule has 1 saturated heterocycles. The highest BCUT2D eigenvalue weighted by Gasteiger charge is 2.62. The summed E-state index contributed by atoms with van der Waals surface area (Å²) in [5, 5.41) is 2.12. The SMILES string of the molecule is O=C(CN(C(=O)c1ccccc1Cl)N1C(=O)[C@@H]2[C@H]3CC[C@@H](C3)[C@H]2C1=O)c1ccc(Br)cc1. The summed E-state index contributed by atoms with van der Waals surface area (Å²) in [6.45, 7) is -0.433. The molecule has 164 valence electrons. The normalized spacial score (nSPS) is 25.9. The molecule has 0 unspecified atom stereocenters. The van der Waals surface area contributed by atoms with Crippen LogP contribution in [0.4, 0.5) is 0 Å². The summed E-state index contributed by atoms with van der Waals surface area (Å²) in [6, 6.07) is 13.1. The number of hydrogen-bond acceptors (Lipinski definition) is 4. The minimum atomic E-state index is -0.643. The Morgan fingerprint density at radius 3 is 2.16 bits per heavy atom. The molecule has 5 rings (SSSR count). The Morgan fingerprint density at radius 1 is 0.969 bits per heavy atom. The first-order chi connectivity index (χ1) is 15.4. The van der Waals surface area contributed by atoms with E-state index in [-0.39, 0.29) is 40.0 Å². The van der Waals surface area contributed by atoms with Crippen molar-refractivity contribution in [2.75, 3.05) is 6.54 Å². The van der Waals surface area contributed by atoms with Gasteiger partial charge in [-0.15, -0.1) is 0 Å². The van der Waals surface area contributed by atoms with Crippen LogP contribution in [0.5, 0.6) is 0 Å². The fourth-order valence-electron chi connectivity index (χ4n) is 5.50. The summed E-state index contributed by atoms with van der Waals surface area (Å²) in [5.74, 6) is -2.23. The Bertz CT molecular complexity index is 1110. The molecule has 1 heterocycles. The molecule has 2 aromatic rings. The molecular weight excluding hydrogens is 496 g/mol. The van der Waals surface area contributed by atoms with Crippen LogP contribution in [0.1, 0.15) is 40.0 Å². The van der Waals surface area contributed by atoms with Crippen molar-refractivity contribution in [1.82, 2.24) is 10.0 Å². The van der Waals surface area contributed by atoms with Gasteiger partial charge in [-0.2, -0.15) is 5.01 Å². The van der Waals surface area contributed by atoms with E-state index in [1.54, 1.807) is 42.5 Å². The van der Waals surface area contributed by atoms with Crippen LogP contribution < -0.4 is 0 Å². The first kappa shape index (κ1) is 21.3. The van der Waals surface area contributed by atoms with Crippen molar-refractivity contribution in [1.29, 1.82) is 0 Å². The van der Waals surface area contributed by atoms with E-state index in [2.05, 4.69) is 15.9 Å². The zero-order chi connectivity index (χ0) is 22.6. The lowest BCUT2D eigenvalue weighted by molar-refractivity contribution is -0.154. The Kier molecular flexibility index (Phi) is 5.42. The van der Waals surface area contributed by atoms with Gasteiger partial charge >= 0.3 is 0 Å². The maximum Gasteiger partial charge on any atom is 0.274 e. The van der Waals surface area contributed by atoms with Crippen LogP contribution in [0, 0.1) is 23.7 Å². The highest BCUT2D eigenvalue weighted by Crippen LogP contribution is 2.56. The third-order valence-electron chi connectivity index (χ3n) is 6.94. The number of imide groups is 1. The lowest BCUT2D eigenvalue weighted by Crippen LogP contribution is -2.52. The minimum absolute atomic E-state index is 0.137. The van der Waals surface area contributed by atoms with E-state index in [0.717, 1.165) is 33.8 Å². The van der Waals surface area contributed by atoms with Crippen LogP contribution in [0.3, 0.4) is 0 Å². The molecule has 32 heavy (non-hydrogen) atoms. The van der Waals surface area contributed by atoms with E-state index < -0.39 is 24.3 Å². The topological polar surface area (TPSA) is 74.8 Å². The smallest absolute Gasteiger partial charge is 0.274 e. The second-order valence-corrected chi connectivity index (χ2v) is 9.97. The number of Topliss-reactive ketones (excluding diaryl/α,β-unsaturated/α-hetero) is 1. The number of amides is 3. The van der Waals surface area contributed by atoms with Crippen LogP contribution >= 0.6 is 27.5 Å². The fraction of sp³-hybridized carbons (Fsp3) is 0.333. The summed E-state index contributed by atoms with van der Waals surface area (Å²) in [4.78, 5) is 53.3. The lowest BCUT2D eigenvalue weighted by Gasteiger charge is -2.31. The number of carbonyl (C=O) groups excluding carboxylic acids is 4. The summed E-state index contributed by atoms with van der Waals surface area (Å²) < 4.78 is 0.811. The average Bonchev–Trinajstić information content (AvgIpc) is 3.46. The number of rotatable bonds is 5. The number of halogens is 2. The lowest BCUT2D eigenvalue weighted by atomic mass is 9.81. The number of hydrazine groups is 1. The predicted octanol–water partition coefficient (Wildman–Crippen LogP) is 4.37. The standard InChI is InChI=1S/C24H20BrClN2O4/c25-16-9-7-13(8-10-16)19(29)12-27(22(30)17-3-1-2-4-18(17)26)28-23(31)20-14-5-6-15(11-14)21(20)24(28)32/h1-4,7-10,14-15,20-21H,5-6,11-12H2/t14-,15-,20+,21+/m0/s1. The van der Waals surface area contributed by atoms with Gasteiger partial charge in [0.2, 0.25) is 0 Å². The molecule has 8 heteroatoms. The van der Waals surface area contributed by atoms with Crippen molar-refractivity contribution in [2.45, 2.75) is 19.3 Å². The Labute approximate surface area is 198 Å². The molecule has 3 fully saturated rings. The van der Waals surface area contributed by atoms with Gasteiger partial charge in [0.1, 0.15) is 6.54 Å². The third kappa shape index (κ3) is 3.39. The average molecular weight is 516 g/mol. The molecule has 4 atom stereocenters. The number of nitrogens with zero attached hydrogens (tertiary/aromatic N) is 2. The maximum atomic E-state index is 13.5. The van der Waals surface area contributed by atoms with Gasteiger partial charge in [-0.25, -0.2) is 5.01 Å². The van der Waals surface area contributed by atoms with Gasteiger partial charge < -0.3 is 0 Å². The molecule has 1 aliphatic heterocycles. The molecule has 3 amide bonds. The molecule has 2 aliphatic carbocycles. The van der Waals surface area contributed by atoms with Crippen molar-refractivity contribution >= 4 is 51.0 Å². The van der Waals surface area contributed by atoms with E-state index in [4.69, 9.17) is 11.6 Å². The molecule has 0 spiro atoms. The van der Waals surface area contributed by atoms with Crippen LogP contribution in [0.15, 0.2) is 53.0 Å². The largest absolute Gasteiger partial charge is 0.292 e. The summed E-state index contributed by atoms with van der Waals surface area (Å²) >= 11 is 9.57. The van der Waals surface area contributed by atoms with Gasteiger partial charge in [-0.05, 0) is 55.4 Å². The number of hydrogen-bond donors (Lipinski definition) is 0. The van der Waals surface area contributed by atoms with Crippen molar-refractivity contribution in [3.8, 4) is 0 Å². The molecule has 6 nitrogen and oxygen atoms in total. The van der Waals surface area contributed by atoms with Gasteiger partial charge in [0.25, 0.3) is 17.7 Å². The van der Waals surface area contributed by atoms with Gasteiger partial charge in [-0.1, -0.05) is 51.8 Å². The van der Waals surface area contributed by atoms with Crippen molar-refractivity contribution < 1.29 is 19.2 Å². The van der Waals surface area contributed by atoms with E-state index in [1.165, 1.54) is 6.07 Å². The van der Waals surface area contributed by atoms with Crippen molar-refractivity contribution in [3.05, 3.63) is 69.2 Å². The van der Waals surface area contributed by atoms with Crippen LogP contribution in [-0.4, -0.2) is 40.1 Å². The molecule has 2 saturated carbocycles. The van der Waals surface area contributed by atoms with E-state index in [9.17, 15) is 19.2 Å². The van der Waals surface area contributed by atoms with Crippen molar-refractivity contribution in [3.63, 3.8) is 0 Å². The third-order valence-corrected chi connectivity index (χ3v) is 7.80. The summed E-state index contributed by atoms with van der Waals surface area (Å²) in [7, 11) is 0. The van der Waals surface area contributed by atoms with Gasteiger partial charge in [0.15, 0.2) is 5.78 Å². The fourth-order valence-corrected chi connectivity index (χ4v) is 5.98. The van der Waals surface area contributed by atoms with E-state index in [1.807, 2.05) is 0 Å². The molecule has 0 radical (unpaired) electrons. The van der Waals surface area contributed by atoms with Crippen LogP contribution in [0.2, 0.25) is 5.02 Å². The van der Waals surface area contributed by atoms with Gasteiger partial charge in [0.05, 0.1) is 22.4 Å². The summed E-state index contributed by atoms with van der Waals surface area (Å²) in [5.41, 5.74) is 0.517. The second kappa shape index (κ2) is 8.12. The Hall–Kier alpha value is -2.51. The van der Waals surface area contributed by atoms with E-state index in [0.29, 0.717) is 5.56 Å². The van der Waals surface area contributed by atoms with Crippen molar-refractivity contribution in [2.24, 2.45) is 23.7 Å². The first-order valence-electron chi connectivity index (χ1n) is 10.6. The Morgan fingerprint density at radius 2 is 1.56 bits per heavy atom. The van der Waals surface area contributed by atoms with E-state index >= 15 is 0 Å². The Balaban J connectivity index is 1.51. The number of benzene rings is 2. The second-order valence-electron chi connectivity index (χ2n) is 8.65. The minimum Gasteiger partial charge on any atom is -0.292 e. The first-order valence-corrected chi connectivity index (χ1v) is 11.8. The molecular formula is C24H20BrClN2O4. The number of carbonyl (C=O) groups is 4. The van der Waals surface area contributed by atoms with Crippen LogP contribution in [0.25, 0.3) is 0 Å². The number of fused-ring (bicyclic) bond motifs is 5. The summed E-state index contributed by atoms with van der Waals surface area (Å²) in [6.07, 6.45) is 2.74. The highest BCUT2D eigenvalue weighted by molar-refractivity contribution is 9.10. The van der Waals surface area contributed by atoms with Gasteiger partial charge in [0, 0.05) is 10.0 Å². The molecule has 2 bridgehead atoms. The number of ketones is 1. The van der Waals surface area contributed by atoms with Crippen LogP contribution in [-0.2, 0) is 9.59 Å². The quantitative estimate of drug-likeness (QED) is 0.438. The van der Waals surface area contributed by atoms with Gasteiger partial charge in [-0.3, -0.25) is 19.2 Å². The molecule has 3 aliphatic rings. The predicted molar refractivity (Wildman–Crippen MR) is 121 cm³/mol. The molecule has 0 aromatic heterocycles. The zero-order valence-corrected chi connectivity index (χ0v) is 19.4. The molecule has 2 aromatic carbocycles. The molecule has 0 N–H and O–H groups in total. The zero-order valence-electron chi connectivity index (χ0n) is 17.0. The monoisotopic (exact) mass is 514 g/mol. The highest BCUT2D eigenvalue weighted by atomic mass is 79.9. The maximum absolute atomic E-state index is 13.5.